The first-order chi connectivity index (χ1) is 13.1. The molecule has 1 fully saturated rings. The number of rotatable bonds is 6. The van der Waals surface area contributed by atoms with E-state index in [1.54, 1.807) is 19.2 Å². The summed E-state index contributed by atoms with van der Waals surface area (Å²) in [7, 11) is 1.65. The van der Waals surface area contributed by atoms with E-state index in [2.05, 4.69) is 15.5 Å². The largest absolute Gasteiger partial charge is 0.495 e. The topological polar surface area (TPSA) is 90.9 Å². The number of ether oxygens (including phenoxy) is 1. The SMILES string of the molecule is COc1ccccc1N1CCC(NC(=O)NCc2ccc(C(=O)O)cc2)C1. The fraction of sp³-hybridized carbons (Fsp3) is 0.300. The average Bonchev–Trinajstić information content (AvgIpc) is 3.14. The molecule has 0 bridgehead atoms. The molecule has 0 aliphatic carbocycles. The minimum Gasteiger partial charge on any atom is -0.495 e. The van der Waals surface area contributed by atoms with Crippen LogP contribution < -0.4 is 20.3 Å². The number of nitrogens with zero attached hydrogens (tertiary/aromatic N) is 1. The van der Waals surface area contributed by atoms with Crippen molar-refractivity contribution in [2.24, 2.45) is 0 Å². The van der Waals surface area contributed by atoms with Gasteiger partial charge in [0, 0.05) is 25.7 Å². The number of carboxylic acid groups (broad SMARTS) is 1. The number of anilines is 1. The van der Waals surface area contributed by atoms with Gasteiger partial charge in [-0.05, 0) is 36.2 Å². The lowest BCUT2D eigenvalue weighted by molar-refractivity contribution is 0.0697. The van der Waals surface area contributed by atoms with Crippen LogP contribution in [-0.4, -0.2) is 43.3 Å². The summed E-state index contributed by atoms with van der Waals surface area (Å²) in [6.07, 6.45) is 0.860. The number of aromatic carboxylic acids is 1. The summed E-state index contributed by atoms with van der Waals surface area (Å²) < 4.78 is 5.41. The summed E-state index contributed by atoms with van der Waals surface area (Å²) in [6, 6.07) is 14.1. The molecule has 0 saturated carbocycles. The number of hydrogen-bond donors (Lipinski definition) is 3. The molecule has 0 radical (unpaired) electrons. The van der Waals surface area contributed by atoms with Gasteiger partial charge in [0.1, 0.15) is 5.75 Å². The van der Waals surface area contributed by atoms with Crippen LogP contribution in [0.2, 0.25) is 0 Å². The molecule has 2 aromatic rings. The normalized spacial score (nSPS) is 16.0. The maximum Gasteiger partial charge on any atom is 0.335 e. The van der Waals surface area contributed by atoms with Gasteiger partial charge in [0.05, 0.1) is 18.4 Å². The van der Waals surface area contributed by atoms with E-state index in [-0.39, 0.29) is 17.6 Å². The van der Waals surface area contributed by atoms with Crippen molar-refractivity contribution in [3.05, 3.63) is 59.7 Å². The Hall–Kier alpha value is -3.22. The van der Waals surface area contributed by atoms with Crippen LogP contribution in [0.3, 0.4) is 0 Å². The van der Waals surface area contributed by atoms with Crippen molar-refractivity contribution >= 4 is 17.7 Å². The molecule has 3 rings (SSSR count). The van der Waals surface area contributed by atoms with Crippen LogP contribution in [0.1, 0.15) is 22.3 Å². The molecule has 3 N–H and O–H groups in total. The predicted octanol–water partition coefficient (Wildman–Crippen LogP) is 2.47. The van der Waals surface area contributed by atoms with Crippen LogP contribution in [0.4, 0.5) is 10.5 Å². The van der Waals surface area contributed by atoms with E-state index in [4.69, 9.17) is 9.84 Å². The van der Waals surface area contributed by atoms with E-state index >= 15 is 0 Å². The smallest absolute Gasteiger partial charge is 0.335 e. The van der Waals surface area contributed by atoms with E-state index in [1.807, 2.05) is 24.3 Å². The maximum atomic E-state index is 12.2. The van der Waals surface area contributed by atoms with Gasteiger partial charge in [-0.25, -0.2) is 9.59 Å². The van der Waals surface area contributed by atoms with E-state index in [1.165, 1.54) is 12.1 Å². The summed E-state index contributed by atoms with van der Waals surface area (Å²) >= 11 is 0. The molecule has 1 aliphatic heterocycles. The predicted molar refractivity (Wildman–Crippen MR) is 102 cm³/mol. The number of para-hydroxylation sites is 2. The Morgan fingerprint density at radius 3 is 2.63 bits per heavy atom. The highest BCUT2D eigenvalue weighted by Gasteiger charge is 2.25. The minimum absolute atomic E-state index is 0.0595. The second-order valence-corrected chi connectivity index (χ2v) is 6.43. The summed E-state index contributed by atoms with van der Waals surface area (Å²) in [5.74, 6) is -0.138. The lowest BCUT2D eigenvalue weighted by atomic mass is 10.1. The lowest BCUT2D eigenvalue weighted by Gasteiger charge is -2.21. The second kappa shape index (κ2) is 8.44. The van der Waals surface area contributed by atoms with Crippen LogP contribution in [0, 0.1) is 0 Å². The molecule has 0 spiro atoms. The Morgan fingerprint density at radius 2 is 1.93 bits per heavy atom. The third-order valence-electron chi connectivity index (χ3n) is 4.60. The van der Waals surface area contributed by atoms with Crippen LogP contribution >= 0.6 is 0 Å². The number of carbonyl (C=O) groups excluding carboxylic acids is 1. The van der Waals surface area contributed by atoms with Crippen LogP contribution in [0.15, 0.2) is 48.5 Å². The van der Waals surface area contributed by atoms with Gasteiger partial charge in [0.15, 0.2) is 0 Å². The Kier molecular flexibility index (Phi) is 5.80. The number of hydrogen-bond acceptors (Lipinski definition) is 4. The van der Waals surface area contributed by atoms with Gasteiger partial charge in [0.25, 0.3) is 0 Å². The second-order valence-electron chi connectivity index (χ2n) is 6.43. The lowest BCUT2D eigenvalue weighted by Crippen LogP contribution is -2.43. The molecular formula is C20H23N3O4. The van der Waals surface area contributed by atoms with Crippen molar-refractivity contribution in [1.82, 2.24) is 10.6 Å². The van der Waals surface area contributed by atoms with Crippen molar-refractivity contribution in [3.63, 3.8) is 0 Å². The number of urea groups is 1. The zero-order valence-corrected chi connectivity index (χ0v) is 15.1. The Bertz CT molecular complexity index is 807. The third kappa shape index (κ3) is 4.69. The fourth-order valence-corrected chi connectivity index (χ4v) is 3.17. The fourth-order valence-electron chi connectivity index (χ4n) is 3.17. The first kappa shape index (κ1) is 18.6. The number of methoxy groups -OCH3 is 1. The van der Waals surface area contributed by atoms with Gasteiger partial charge in [-0.3, -0.25) is 0 Å². The van der Waals surface area contributed by atoms with E-state index in [0.717, 1.165) is 36.5 Å². The van der Waals surface area contributed by atoms with Gasteiger partial charge in [0.2, 0.25) is 0 Å². The molecular weight excluding hydrogens is 346 g/mol. The van der Waals surface area contributed by atoms with Gasteiger partial charge >= 0.3 is 12.0 Å². The van der Waals surface area contributed by atoms with Crippen LogP contribution in [-0.2, 0) is 6.54 Å². The maximum absolute atomic E-state index is 12.2. The number of carbonyl (C=O) groups is 2. The molecule has 1 saturated heterocycles. The first-order valence-corrected chi connectivity index (χ1v) is 8.81. The molecule has 1 unspecified atom stereocenters. The molecule has 1 heterocycles. The Balaban J connectivity index is 1.48. The molecule has 142 valence electrons. The molecule has 2 amide bonds. The zero-order valence-electron chi connectivity index (χ0n) is 15.1. The van der Waals surface area contributed by atoms with Gasteiger partial charge < -0.3 is 25.4 Å². The van der Waals surface area contributed by atoms with Crippen molar-refractivity contribution in [1.29, 1.82) is 0 Å². The molecule has 7 nitrogen and oxygen atoms in total. The van der Waals surface area contributed by atoms with E-state index in [9.17, 15) is 9.59 Å². The first-order valence-electron chi connectivity index (χ1n) is 8.81. The summed E-state index contributed by atoms with van der Waals surface area (Å²) in [6.45, 7) is 1.91. The van der Waals surface area contributed by atoms with E-state index < -0.39 is 5.97 Å². The van der Waals surface area contributed by atoms with Crippen molar-refractivity contribution in [2.75, 3.05) is 25.1 Å². The number of carboxylic acids is 1. The van der Waals surface area contributed by atoms with Gasteiger partial charge in [-0.2, -0.15) is 0 Å². The Labute approximate surface area is 157 Å². The molecule has 0 aromatic heterocycles. The average molecular weight is 369 g/mol. The highest BCUT2D eigenvalue weighted by Crippen LogP contribution is 2.30. The molecule has 7 heteroatoms. The van der Waals surface area contributed by atoms with E-state index in [0.29, 0.717) is 6.54 Å². The van der Waals surface area contributed by atoms with Crippen molar-refractivity contribution in [3.8, 4) is 5.75 Å². The standard InChI is InChI=1S/C20H23N3O4/c1-27-18-5-3-2-4-17(18)23-11-10-16(13-23)22-20(26)21-12-14-6-8-15(9-7-14)19(24)25/h2-9,16H,10-13H2,1H3,(H,24,25)(H2,21,22,26). The van der Waals surface area contributed by atoms with Gasteiger partial charge in [-0.1, -0.05) is 24.3 Å². The minimum atomic E-state index is -0.965. The molecule has 2 aromatic carbocycles. The van der Waals surface area contributed by atoms with Crippen molar-refractivity contribution in [2.45, 2.75) is 19.0 Å². The quantitative estimate of drug-likeness (QED) is 0.728. The summed E-state index contributed by atoms with van der Waals surface area (Å²) in [5, 5.41) is 14.7. The zero-order chi connectivity index (χ0) is 19.2. The van der Waals surface area contributed by atoms with Crippen LogP contribution in [0.25, 0.3) is 0 Å². The molecule has 1 atom stereocenters. The molecule has 27 heavy (non-hydrogen) atoms. The monoisotopic (exact) mass is 369 g/mol. The van der Waals surface area contributed by atoms with Crippen molar-refractivity contribution < 1.29 is 19.4 Å². The highest BCUT2D eigenvalue weighted by molar-refractivity contribution is 5.87. The Morgan fingerprint density at radius 1 is 1.19 bits per heavy atom. The number of amides is 2. The summed E-state index contributed by atoms with van der Waals surface area (Å²) in [4.78, 5) is 25.2. The molecule has 1 aliphatic rings. The number of nitrogens with one attached hydrogen (secondary N) is 2. The number of benzene rings is 2. The highest BCUT2D eigenvalue weighted by atomic mass is 16.5. The van der Waals surface area contributed by atoms with Gasteiger partial charge in [-0.15, -0.1) is 0 Å². The summed E-state index contributed by atoms with van der Waals surface area (Å²) in [5.41, 5.74) is 2.10. The third-order valence-corrected chi connectivity index (χ3v) is 4.60. The van der Waals surface area contributed by atoms with Crippen LogP contribution in [0.5, 0.6) is 5.75 Å².